The average Bonchev–Trinajstić information content (AvgIpc) is 2.22. The molecule has 0 saturated heterocycles. The number of hydrogen-bond acceptors (Lipinski definition) is 8. The Kier molecular flexibility index (Phi) is 16.2. The van der Waals surface area contributed by atoms with Crippen LogP contribution in [0.3, 0.4) is 0 Å². The molecule has 18 heavy (non-hydrogen) atoms. The fourth-order valence-electron chi connectivity index (χ4n) is 0.618. The van der Waals surface area contributed by atoms with Gasteiger partial charge in [0.15, 0.2) is 6.29 Å². The molecule has 10 nitrogen and oxygen atoms in total. The van der Waals surface area contributed by atoms with Crippen LogP contribution in [0.1, 0.15) is 0 Å². The molecule has 0 saturated carbocycles. The van der Waals surface area contributed by atoms with Gasteiger partial charge in [-0.3, -0.25) is 4.57 Å². The second kappa shape index (κ2) is 12.0. The smallest absolute Gasteiger partial charge is 0.756 e. The van der Waals surface area contributed by atoms with Crippen molar-refractivity contribution in [2.24, 2.45) is 0 Å². The fourth-order valence-corrected chi connectivity index (χ4v) is 0.618. The molecule has 0 rings (SSSR count). The van der Waals surface area contributed by atoms with Crippen LogP contribution in [-0.4, -0.2) is 72.6 Å². The molecule has 0 radical (unpaired) electrons. The van der Waals surface area contributed by atoms with Gasteiger partial charge in [0.25, 0.3) is 7.82 Å². The van der Waals surface area contributed by atoms with Crippen molar-refractivity contribution in [1.82, 2.24) is 0 Å². The first kappa shape index (κ1) is 24.2. The van der Waals surface area contributed by atoms with Gasteiger partial charge in [-0.1, -0.05) is 0 Å². The number of aliphatic hydroxyl groups is 5. The molecule has 0 bridgehead atoms. The molecule has 0 aromatic heterocycles. The van der Waals surface area contributed by atoms with Gasteiger partial charge in [-0.05, 0) is 0 Å². The second-order valence-corrected chi connectivity index (χ2v) is 3.83. The predicted molar refractivity (Wildman–Crippen MR) is 49.2 cm³/mol. The third-order valence-corrected chi connectivity index (χ3v) is 1.42. The SMILES string of the molecule is O=C[C@H](O)[C@@H](O)[C@H](O)[C@H](O)CO.O=P([O-])(O)O.[K+]. The van der Waals surface area contributed by atoms with E-state index in [4.69, 9.17) is 44.8 Å². The number of hydrogen-bond donors (Lipinski definition) is 7. The van der Waals surface area contributed by atoms with Crippen LogP contribution in [0, 0.1) is 0 Å². The molecule has 4 atom stereocenters. The van der Waals surface area contributed by atoms with Gasteiger partial charge in [0.1, 0.15) is 24.4 Å². The standard InChI is InChI=1S/C6H12O6.K.H3O4P/c7-1-3(9)5(11)6(12)4(10)2-8;;1-5(2,3)4/h1,3-6,8-12H,2H2;;(H3,1,2,3,4)/q;+1;/p-1/t3-,4+,5+,6+;;/m0../s1. The average molecular weight is 316 g/mol. The molecule has 0 aromatic carbocycles. The largest absolute Gasteiger partial charge is 1.00 e. The van der Waals surface area contributed by atoms with Crippen LogP contribution >= 0.6 is 7.82 Å². The zero-order valence-corrected chi connectivity index (χ0v) is 13.4. The molecule has 0 spiro atoms. The van der Waals surface area contributed by atoms with Crippen molar-refractivity contribution in [2.45, 2.75) is 24.4 Å². The molecule has 0 amide bonds. The van der Waals surface area contributed by atoms with Crippen molar-refractivity contribution in [3.63, 3.8) is 0 Å². The molecule has 0 aliphatic rings. The molecule has 0 heterocycles. The quantitative estimate of drug-likeness (QED) is 0.145. The van der Waals surface area contributed by atoms with E-state index in [1.54, 1.807) is 0 Å². The van der Waals surface area contributed by atoms with Gasteiger partial charge in [-0.2, -0.15) is 0 Å². The van der Waals surface area contributed by atoms with Gasteiger partial charge < -0.3 is 45.0 Å². The molecule has 0 aliphatic carbocycles. The molecule has 0 aliphatic heterocycles. The summed E-state index contributed by atoms with van der Waals surface area (Å²) in [6.45, 7) is -0.760. The van der Waals surface area contributed by atoms with Gasteiger partial charge in [-0.25, -0.2) is 0 Å². The Morgan fingerprint density at radius 3 is 1.67 bits per heavy atom. The number of rotatable bonds is 5. The first-order chi connectivity index (χ1) is 7.54. The molecular formula is C6H14KO10P. The summed E-state index contributed by atoms with van der Waals surface area (Å²) in [4.78, 5) is 32.8. The summed E-state index contributed by atoms with van der Waals surface area (Å²) in [5.41, 5.74) is 0. The van der Waals surface area contributed by atoms with Crippen LogP contribution in [0.5, 0.6) is 0 Å². The Balaban J connectivity index is -0.000000321. The summed E-state index contributed by atoms with van der Waals surface area (Å²) in [5, 5.41) is 43.5. The summed E-state index contributed by atoms with van der Waals surface area (Å²) >= 11 is 0. The molecule has 12 heteroatoms. The van der Waals surface area contributed by atoms with Crippen molar-refractivity contribution in [2.75, 3.05) is 6.61 Å². The van der Waals surface area contributed by atoms with Crippen molar-refractivity contribution in [1.29, 1.82) is 0 Å². The first-order valence-corrected chi connectivity index (χ1v) is 5.62. The minimum Gasteiger partial charge on any atom is -0.756 e. The van der Waals surface area contributed by atoms with E-state index in [-0.39, 0.29) is 57.7 Å². The van der Waals surface area contributed by atoms with E-state index >= 15 is 0 Å². The van der Waals surface area contributed by atoms with E-state index in [0.29, 0.717) is 0 Å². The maximum Gasteiger partial charge on any atom is 1.00 e. The summed E-state index contributed by atoms with van der Waals surface area (Å²) < 4.78 is 8.77. The summed E-state index contributed by atoms with van der Waals surface area (Å²) in [6, 6.07) is 0. The van der Waals surface area contributed by atoms with Crippen molar-refractivity contribution >= 4 is 14.1 Å². The number of carbonyl (C=O) groups is 1. The molecule has 0 unspecified atom stereocenters. The van der Waals surface area contributed by atoms with E-state index in [9.17, 15) is 4.79 Å². The third-order valence-electron chi connectivity index (χ3n) is 1.42. The van der Waals surface area contributed by atoms with Crippen molar-refractivity contribution < 1.29 is 101 Å². The fraction of sp³-hybridized carbons (Fsp3) is 0.833. The van der Waals surface area contributed by atoms with Gasteiger partial charge in [0.2, 0.25) is 0 Å². The zero-order valence-electron chi connectivity index (χ0n) is 9.40. The number of aldehydes is 1. The Hall–Kier alpha value is 1.22. The second-order valence-electron chi connectivity index (χ2n) is 2.85. The van der Waals surface area contributed by atoms with Crippen molar-refractivity contribution in [3.05, 3.63) is 0 Å². The van der Waals surface area contributed by atoms with Gasteiger partial charge >= 0.3 is 51.4 Å². The summed E-state index contributed by atoms with van der Waals surface area (Å²) in [6.07, 6.45) is -6.84. The Morgan fingerprint density at radius 1 is 1.11 bits per heavy atom. The third kappa shape index (κ3) is 15.3. The van der Waals surface area contributed by atoms with Crippen LogP contribution in [0.15, 0.2) is 0 Å². The van der Waals surface area contributed by atoms with E-state index < -0.39 is 38.8 Å². The van der Waals surface area contributed by atoms with Crippen LogP contribution in [0.2, 0.25) is 0 Å². The summed E-state index contributed by atoms with van der Waals surface area (Å²) in [5.74, 6) is 0. The minimum absolute atomic E-state index is 0. The Labute approximate surface area is 145 Å². The number of phosphoric acid groups is 1. The van der Waals surface area contributed by atoms with Crippen LogP contribution in [0.25, 0.3) is 0 Å². The van der Waals surface area contributed by atoms with E-state index in [2.05, 4.69) is 0 Å². The monoisotopic (exact) mass is 316 g/mol. The predicted octanol–water partition coefficient (Wildman–Crippen LogP) is -7.94. The topological polar surface area (TPSA) is 199 Å². The minimum atomic E-state index is -4.89. The number of aliphatic hydroxyl groups excluding tert-OH is 5. The van der Waals surface area contributed by atoms with Gasteiger partial charge in [0.05, 0.1) is 6.61 Å². The molecule has 0 aromatic rings. The number of carbonyl (C=O) groups excluding carboxylic acids is 1. The van der Waals surface area contributed by atoms with E-state index in [1.807, 2.05) is 0 Å². The Bertz CT molecular complexity index is 248. The molecule has 7 N–H and O–H groups in total. The molecule has 0 fully saturated rings. The van der Waals surface area contributed by atoms with Gasteiger partial charge in [-0.15, -0.1) is 0 Å². The molecular weight excluding hydrogens is 302 g/mol. The maximum atomic E-state index is 9.90. The summed E-state index contributed by atoms with van der Waals surface area (Å²) in [7, 11) is -4.89. The van der Waals surface area contributed by atoms with Crippen LogP contribution < -0.4 is 56.3 Å². The molecule has 104 valence electrons. The van der Waals surface area contributed by atoms with Gasteiger partial charge in [0, 0.05) is 0 Å². The zero-order chi connectivity index (χ0) is 14.2. The normalized spacial score (nSPS) is 17.3. The van der Waals surface area contributed by atoms with Crippen molar-refractivity contribution in [3.8, 4) is 0 Å². The maximum absolute atomic E-state index is 9.90. The van der Waals surface area contributed by atoms with Crippen LogP contribution in [-0.2, 0) is 9.36 Å². The van der Waals surface area contributed by atoms with Crippen LogP contribution in [0.4, 0.5) is 0 Å². The van der Waals surface area contributed by atoms with E-state index in [1.165, 1.54) is 0 Å². The van der Waals surface area contributed by atoms with E-state index in [0.717, 1.165) is 0 Å². The first-order valence-electron chi connectivity index (χ1n) is 4.09. The Morgan fingerprint density at radius 2 is 1.44 bits per heavy atom.